The topological polar surface area (TPSA) is 41.1 Å². The summed E-state index contributed by atoms with van der Waals surface area (Å²) >= 11 is 0. The molecule has 118 valence electrons. The quantitative estimate of drug-likeness (QED) is 0.786. The average Bonchev–Trinajstić information content (AvgIpc) is 2.55. The number of fused-ring (bicyclic) bond motifs is 1. The summed E-state index contributed by atoms with van der Waals surface area (Å²) in [6.45, 7) is 1.36. The maximum atomic E-state index is 13.2. The number of hydrogen-bond acceptors (Lipinski definition) is 4. The highest BCUT2D eigenvalue weighted by atomic mass is 19.1. The Morgan fingerprint density at radius 1 is 1.09 bits per heavy atom. The van der Waals surface area contributed by atoms with E-state index in [1.807, 2.05) is 37.2 Å². The summed E-state index contributed by atoms with van der Waals surface area (Å²) in [6.07, 6.45) is 1.79. The van der Waals surface area contributed by atoms with E-state index >= 15 is 0 Å². The highest BCUT2D eigenvalue weighted by Gasteiger charge is 2.05. The van der Waals surface area contributed by atoms with Crippen LogP contribution in [0.4, 0.5) is 10.2 Å². The SMILES string of the molecule is CN(C)c1ncccc1CNCc1ccc2cc(F)ccc2n1. The zero-order valence-electron chi connectivity index (χ0n) is 13.3. The van der Waals surface area contributed by atoms with Crippen molar-refractivity contribution >= 4 is 16.7 Å². The summed E-state index contributed by atoms with van der Waals surface area (Å²) in [7, 11) is 3.96. The van der Waals surface area contributed by atoms with Crippen LogP contribution in [0.3, 0.4) is 0 Å². The molecular weight excluding hydrogens is 291 g/mol. The van der Waals surface area contributed by atoms with Gasteiger partial charge in [0, 0.05) is 44.3 Å². The molecule has 0 aliphatic carbocycles. The van der Waals surface area contributed by atoms with Gasteiger partial charge in [-0.15, -0.1) is 0 Å². The molecule has 0 fully saturated rings. The average molecular weight is 310 g/mol. The lowest BCUT2D eigenvalue weighted by atomic mass is 10.2. The number of rotatable bonds is 5. The zero-order valence-corrected chi connectivity index (χ0v) is 13.3. The maximum Gasteiger partial charge on any atom is 0.132 e. The van der Waals surface area contributed by atoms with Gasteiger partial charge in [-0.1, -0.05) is 12.1 Å². The largest absolute Gasteiger partial charge is 0.362 e. The molecule has 0 aliphatic heterocycles. The van der Waals surface area contributed by atoms with E-state index in [0.29, 0.717) is 13.1 Å². The fourth-order valence-electron chi connectivity index (χ4n) is 2.53. The molecule has 0 bridgehead atoms. The summed E-state index contributed by atoms with van der Waals surface area (Å²) in [5, 5.41) is 4.20. The molecule has 3 rings (SSSR count). The first-order valence-corrected chi connectivity index (χ1v) is 7.50. The Hall–Kier alpha value is -2.53. The number of aromatic nitrogens is 2. The van der Waals surface area contributed by atoms with E-state index in [0.717, 1.165) is 28.0 Å². The van der Waals surface area contributed by atoms with E-state index in [-0.39, 0.29) is 5.82 Å². The third-order valence-electron chi connectivity index (χ3n) is 3.62. The van der Waals surface area contributed by atoms with E-state index < -0.39 is 0 Å². The van der Waals surface area contributed by atoms with Gasteiger partial charge in [-0.3, -0.25) is 4.98 Å². The van der Waals surface area contributed by atoms with Crippen LogP contribution >= 0.6 is 0 Å². The second-order valence-corrected chi connectivity index (χ2v) is 5.62. The Kier molecular flexibility index (Phi) is 4.48. The third-order valence-corrected chi connectivity index (χ3v) is 3.62. The van der Waals surface area contributed by atoms with Crippen LogP contribution in [0.2, 0.25) is 0 Å². The van der Waals surface area contributed by atoms with Gasteiger partial charge in [0.05, 0.1) is 11.2 Å². The molecule has 5 heteroatoms. The molecule has 1 aromatic carbocycles. The second kappa shape index (κ2) is 6.71. The minimum Gasteiger partial charge on any atom is -0.362 e. The van der Waals surface area contributed by atoms with Crippen molar-refractivity contribution in [2.45, 2.75) is 13.1 Å². The first-order chi connectivity index (χ1) is 11.1. The number of hydrogen-bond donors (Lipinski definition) is 1. The number of anilines is 1. The monoisotopic (exact) mass is 310 g/mol. The number of pyridine rings is 2. The Morgan fingerprint density at radius 2 is 1.96 bits per heavy atom. The molecule has 0 aliphatic rings. The Labute approximate surface area is 135 Å². The van der Waals surface area contributed by atoms with E-state index in [4.69, 9.17) is 0 Å². The molecule has 3 aromatic rings. The van der Waals surface area contributed by atoms with Crippen LogP contribution in [0.15, 0.2) is 48.7 Å². The predicted molar refractivity (Wildman–Crippen MR) is 90.8 cm³/mol. The van der Waals surface area contributed by atoms with Crippen molar-refractivity contribution in [3.8, 4) is 0 Å². The lowest BCUT2D eigenvalue weighted by Crippen LogP contribution is -2.18. The minimum absolute atomic E-state index is 0.238. The van der Waals surface area contributed by atoms with Crippen molar-refractivity contribution in [2.75, 3.05) is 19.0 Å². The van der Waals surface area contributed by atoms with Crippen LogP contribution in [0.25, 0.3) is 10.9 Å². The molecule has 0 spiro atoms. The summed E-state index contributed by atoms with van der Waals surface area (Å²) in [4.78, 5) is 10.9. The zero-order chi connectivity index (χ0) is 16.2. The molecule has 0 unspecified atom stereocenters. The molecule has 0 saturated carbocycles. The van der Waals surface area contributed by atoms with Crippen molar-refractivity contribution in [3.05, 3.63) is 65.7 Å². The van der Waals surface area contributed by atoms with Crippen molar-refractivity contribution in [1.29, 1.82) is 0 Å². The lowest BCUT2D eigenvalue weighted by molar-refractivity contribution is 0.629. The van der Waals surface area contributed by atoms with Gasteiger partial charge in [0.15, 0.2) is 0 Å². The summed E-state index contributed by atoms with van der Waals surface area (Å²) in [6, 6.07) is 12.5. The van der Waals surface area contributed by atoms with Crippen molar-refractivity contribution < 1.29 is 4.39 Å². The summed E-state index contributed by atoms with van der Waals surface area (Å²) < 4.78 is 13.2. The van der Waals surface area contributed by atoms with Crippen molar-refractivity contribution in [1.82, 2.24) is 15.3 Å². The third kappa shape index (κ3) is 3.63. The predicted octanol–water partition coefficient (Wildman–Crippen LogP) is 3.12. The summed E-state index contributed by atoms with van der Waals surface area (Å²) in [5.74, 6) is 0.722. The molecular formula is C18H19FN4. The second-order valence-electron chi connectivity index (χ2n) is 5.62. The molecule has 2 heterocycles. The number of halogens is 1. The molecule has 2 aromatic heterocycles. The maximum absolute atomic E-state index is 13.2. The van der Waals surface area contributed by atoms with E-state index in [2.05, 4.69) is 21.4 Å². The van der Waals surface area contributed by atoms with Gasteiger partial charge in [0.1, 0.15) is 11.6 Å². The summed E-state index contributed by atoms with van der Waals surface area (Å²) in [5.41, 5.74) is 2.88. The van der Waals surface area contributed by atoms with Crippen LogP contribution in [-0.4, -0.2) is 24.1 Å². The van der Waals surface area contributed by atoms with E-state index in [9.17, 15) is 4.39 Å². The lowest BCUT2D eigenvalue weighted by Gasteiger charge is -2.16. The van der Waals surface area contributed by atoms with Gasteiger partial charge in [-0.25, -0.2) is 9.37 Å². The molecule has 1 N–H and O–H groups in total. The van der Waals surface area contributed by atoms with E-state index in [1.165, 1.54) is 12.1 Å². The first-order valence-electron chi connectivity index (χ1n) is 7.50. The molecule has 0 saturated heterocycles. The number of nitrogens with one attached hydrogen (secondary N) is 1. The van der Waals surface area contributed by atoms with Gasteiger partial charge >= 0.3 is 0 Å². The molecule has 0 radical (unpaired) electrons. The molecule has 4 nitrogen and oxygen atoms in total. The molecule has 0 atom stereocenters. The van der Waals surface area contributed by atoms with Gasteiger partial charge < -0.3 is 10.2 Å². The molecule has 0 amide bonds. The first kappa shape index (κ1) is 15.4. The molecule has 23 heavy (non-hydrogen) atoms. The van der Waals surface area contributed by atoms with Crippen LogP contribution in [0.5, 0.6) is 0 Å². The van der Waals surface area contributed by atoms with Crippen molar-refractivity contribution in [3.63, 3.8) is 0 Å². The highest BCUT2D eigenvalue weighted by molar-refractivity contribution is 5.78. The van der Waals surface area contributed by atoms with Crippen molar-refractivity contribution in [2.24, 2.45) is 0 Å². The van der Waals surface area contributed by atoms with E-state index in [1.54, 1.807) is 12.3 Å². The van der Waals surface area contributed by atoms with Gasteiger partial charge in [0.25, 0.3) is 0 Å². The minimum atomic E-state index is -0.238. The fraction of sp³-hybridized carbons (Fsp3) is 0.222. The van der Waals surface area contributed by atoms with Crippen LogP contribution in [0, 0.1) is 5.82 Å². The standard InChI is InChI=1S/C18H19FN4/c1-23(2)18-14(4-3-9-21-18)11-20-12-16-7-5-13-10-15(19)6-8-17(13)22-16/h3-10,20H,11-12H2,1-2H3. The smallest absolute Gasteiger partial charge is 0.132 e. The number of benzene rings is 1. The Bertz CT molecular complexity index is 817. The van der Waals surface area contributed by atoms with Gasteiger partial charge in [0.2, 0.25) is 0 Å². The van der Waals surface area contributed by atoms with Crippen LogP contribution in [0.1, 0.15) is 11.3 Å². The highest BCUT2D eigenvalue weighted by Crippen LogP contribution is 2.16. The fourth-order valence-corrected chi connectivity index (χ4v) is 2.53. The van der Waals surface area contributed by atoms with Crippen LogP contribution < -0.4 is 10.2 Å². The van der Waals surface area contributed by atoms with Gasteiger partial charge in [-0.2, -0.15) is 0 Å². The Balaban J connectivity index is 1.68. The van der Waals surface area contributed by atoms with Gasteiger partial charge in [-0.05, 0) is 30.3 Å². The number of nitrogens with zero attached hydrogens (tertiary/aromatic N) is 3. The Morgan fingerprint density at radius 3 is 2.78 bits per heavy atom. The van der Waals surface area contributed by atoms with Crippen LogP contribution in [-0.2, 0) is 13.1 Å². The normalized spacial score (nSPS) is 10.9.